The van der Waals surface area contributed by atoms with Crippen molar-refractivity contribution < 1.29 is 14.2 Å². The van der Waals surface area contributed by atoms with Crippen molar-refractivity contribution in [2.75, 3.05) is 19.8 Å². The summed E-state index contributed by atoms with van der Waals surface area (Å²) >= 11 is 0. The second kappa shape index (κ2) is 26.4. The van der Waals surface area contributed by atoms with E-state index in [1.165, 1.54) is 0 Å². The smallest absolute Gasteiger partial charge is 0.119 e. The number of benzene rings is 7. The monoisotopic (exact) mass is 1020 g/mol. The number of pyridine rings is 3. The molecule has 6 heteroatoms. The summed E-state index contributed by atoms with van der Waals surface area (Å²) in [7, 11) is 0. The van der Waals surface area contributed by atoms with E-state index in [1.807, 2.05) is 55.4 Å². The second-order valence-electron chi connectivity index (χ2n) is 19.9. The molecule has 6 nitrogen and oxygen atoms in total. The third-order valence-corrected chi connectivity index (χ3v) is 14.5. The summed E-state index contributed by atoms with van der Waals surface area (Å²) in [6, 6.07) is 65.9. The van der Waals surface area contributed by atoms with E-state index in [0.717, 1.165) is 175 Å². The number of rotatable bonds is 24. The number of unbranched alkanes of at least 4 members (excludes halogenated alkanes) is 6. The first-order valence-electron chi connectivity index (χ1n) is 28.1. The zero-order valence-electron chi connectivity index (χ0n) is 45.3. The van der Waals surface area contributed by atoms with E-state index in [2.05, 4.69) is 200 Å². The van der Waals surface area contributed by atoms with Crippen LogP contribution in [-0.4, -0.2) is 34.8 Å². The molecular weight excluding hydrogens is 955 g/mol. The van der Waals surface area contributed by atoms with Gasteiger partial charge in [-0.1, -0.05) is 187 Å². The van der Waals surface area contributed by atoms with Gasteiger partial charge < -0.3 is 14.2 Å². The van der Waals surface area contributed by atoms with Gasteiger partial charge in [0, 0.05) is 37.2 Å². The molecule has 0 saturated heterocycles. The molecule has 3 aromatic heterocycles. The normalized spacial score (nSPS) is 11.1. The maximum absolute atomic E-state index is 6.41. The molecule has 0 aliphatic heterocycles. The van der Waals surface area contributed by atoms with Crippen molar-refractivity contribution >= 4 is 0 Å². The van der Waals surface area contributed by atoms with Crippen LogP contribution < -0.4 is 14.2 Å². The van der Waals surface area contributed by atoms with Crippen molar-refractivity contribution in [1.82, 2.24) is 15.0 Å². The Hall–Kier alpha value is -8.61. The summed E-state index contributed by atoms with van der Waals surface area (Å²) in [5.41, 5.74) is 19.6. The van der Waals surface area contributed by atoms with Gasteiger partial charge in [0.15, 0.2) is 0 Å². The molecule has 10 rings (SSSR count). The van der Waals surface area contributed by atoms with Gasteiger partial charge in [-0.15, -0.1) is 0 Å². The highest BCUT2D eigenvalue weighted by molar-refractivity contribution is 6.15. The summed E-state index contributed by atoms with van der Waals surface area (Å²) in [5, 5.41) is 0. The zero-order chi connectivity index (χ0) is 53.3. The van der Waals surface area contributed by atoms with Gasteiger partial charge in [-0.05, 0) is 174 Å². The van der Waals surface area contributed by atoms with Crippen LogP contribution in [0.25, 0.3) is 100 Å². The largest absolute Gasteiger partial charge is 0.494 e. The first kappa shape index (κ1) is 52.8. The van der Waals surface area contributed by atoms with Gasteiger partial charge in [-0.2, -0.15) is 0 Å². The molecule has 78 heavy (non-hydrogen) atoms. The Morgan fingerprint density at radius 2 is 0.462 bits per heavy atom. The quantitative estimate of drug-likeness (QED) is 0.0562. The molecule has 0 fully saturated rings. The fourth-order valence-electron chi connectivity index (χ4n) is 10.4. The average molecular weight is 1020 g/mol. The zero-order valence-corrected chi connectivity index (χ0v) is 45.3. The topological polar surface area (TPSA) is 66.4 Å². The SMILES string of the molecule is CCCCCOc1ccc(-c2c(-c3ccc(-c4cccnc4)cc3)c(-c3ccc(OCCCCC)cc3)c(-c3ccc(-c4cccnc4)cc3)c(-c3ccc(OCCCCC)cc3)c2-c2ccc(-c3cccnc3)cc2)cc1. The molecule has 7 aromatic carbocycles. The molecule has 0 saturated carbocycles. The molecule has 0 bridgehead atoms. The molecule has 0 spiro atoms. The third kappa shape index (κ3) is 12.6. The Morgan fingerprint density at radius 1 is 0.244 bits per heavy atom. The van der Waals surface area contributed by atoms with Crippen molar-refractivity contribution in [2.24, 2.45) is 0 Å². The van der Waals surface area contributed by atoms with Gasteiger partial charge in [0.05, 0.1) is 19.8 Å². The molecule has 0 radical (unpaired) electrons. The van der Waals surface area contributed by atoms with Crippen molar-refractivity contribution in [3.63, 3.8) is 0 Å². The maximum atomic E-state index is 6.41. The fourth-order valence-corrected chi connectivity index (χ4v) is 10.4. The molecule has 10 aromatic rings. The van der Waals surface area contributed by atoms with Gasteiger partial charge in [0.25, 0.3) is 0 Å². The second-order valence-corrected chi connectivity index (χ2v) is 19.9. The van der Waals surface area contributed by atoms with Crippen molar-refractivity contribution in [3.05, 3.63) is 219 Å². The Balaban J connectivity index is 1.32. The lowest BCUT2D eigenvalue weighted by atomic mass is 9.74. The van der Waals surface area contributed by atoms with Gasteiger partial charge >= 0.3 is 0 Å². The van der Waals surface area contributed by atoms with Gasteiger partial charge in [0.1, 0.15) is 17.2 Å². The van der Waals surface area contributed by atoms with Crippen LogP contribution in [0.1, 0.15) is 78.6 Å². The highest BCUT2D eigenvalue weighted by Gasteiger charge is 2.30. The van der Waals surface area contributed by atoms with E-state index in [1.54, 1.807) is 0 Å². The van der Waals surface area contributed by atoms with Crippen LogP contribution in [0.15, 0.2) is 219 Å². The van der Waals surface area contributed by atoms with E-state index < -0.39 is 0 Å². The highest BCUT2D eigenvalue weighted by atomic mass is 16.5. The van der Waals surface area contributed by atoms with Crippen molar-refractivity contribution in [2.45, 2.75) is 78.6 Å². The molecule has 0 amide bonds. The minimum absolute atomic E-state index is 0.676. The molecule has 3 heterocycles. The molecular formula is C72H69N3O3. The van der Waals surface area contributed by atoms with Crippen LogP contribution in [0, 0.1) is 0 Å². The molecule has 0 aliphatic carbocycles. The van der Waals surface area contributed by atoms with Gasteiger partial charge in [0.2, 0.25) is 0 Å². The Bertz CT molecular complexity index is 3050. The number of hydrogen-bond donors (Lipinski definition) is 0. The number of nitrogens with zero attached hydrogens (tertiary/aromatic N) is 3. The Morgan fingerprint density at radius 3 is 0.667 bits per heavy atom. The van der Waals surface area contributed by atoms with Crippen LogP contribution in [-0.2, 0) is 0 Å². The lowest BCUT2D eigenvalue weighted by molar-refractivity contribution is 0.306. The third-order valence-electron chi connectivity index (χ3n) is 14.5. The lowest BCUT2D eigenvalue weighted by Crippen LogP contribution is -2.03. The van der Waals surface area contributed by atoms with Crippen molar-refractivity contribution in [1.29, 1.82) is 0 Å². The predicted molar refractivity (Wildman–Crippen MR) is 324 cm³/mol. The van der Waals surface area contributed by atoms with Crippen LogP contribution in [0.5, 0.6) is 17.2 Å². The summed E-state index contributed by atoms with van der Waals surface area (Å²) < 4.78 is 19.2. The van der Waals surface area contributed by atoms with E-state index in [-0.39, 0.29) is 0 Å². The highest BCUT2D eigenvalue weighted by Crippen LogP contribution is 2.56. The fraction of sp³-hybridized carbons (Fsp3) is 0.208. The van der Waals surface area contributed by atoms with E-state index in [4.69, 9.17) is 14.2 Å². The van der Waals surface area contributed by atoms with Crippen LogP contribution >= 0.6 is 0 Å². The lowest BCUT2D eigenvalue weighted by Gasteiger charge is -2.29. The summed E-state index contributed by atoms with van der Waals surface area (Å²) in [6.07, 6.45) is 21.1. The van der Waals surface area contributed by atoms with Crippen LogP contribution in [0.2, 0.25) is 0 Å². The van der Waals surface area contributed by atoms with Gasteiger partial charge in [-0.3, -0.25) is 15.0 Å². The summed E-state index contributed by atoms with van der Waals surface area (Å²) in [6.45, 7) is 8.70. The van der Waals surface area contributed by atoms with Gasteiger partial charge in [-0.25, -0.2) is 0 Å². The molecule has 0 N–H and O–H groups in total. The molecule has 0 atom stereocenters. The number of hydrogen-bond acceptors (Lipinski definition) is 6. The first-order valence-corrected chi connectivity index (χ1v) is 28.1. The van der Waals surface area contributed by atoms with Crippen molar-refractivity contribution in [3.8, 4) is 117 Å². The summed E-state index contributed by atoms with van der Waals surface area (Å²) in [5.74, 6) is 2.57. The number of ether oxygens (including phenoxy) is 3. The predicted octanol–water partition coefficient (Wildman–Crippen LogP) is 19.6. The van der Waals surface area contributed by atoms with Crippen LogP contribution in [0.4, 0.5) is 0 Å². The molecule has 390 valence electrons. The maximum Gasteiger partial charge on any atom is 0.119 e. The standard InChI is InChI=1S/C72H69N3O3/c1-4-7-10-46-76-64-37-31-58(32-38-64)70-67(55-25-19-52(20-26-55)61-16-13-43-73-49-61)71(59-33-39-65(40-34-59)77-47-11-8-5-2)69(57-29-23-54(24-30-57)63-18-15-45-75-51-63)72(60-35-41-66(42-36-60)78-48-12-9-6-3)68(70)56-27-21-53(22-28-56)62-17-14-44-74-50-62/h13-45,49-51H,4-12,46-48H2,1-3H3. The van der Waals surface area contributed by atoms with Crippen LogP contribution in [0.3, 0.4) is 0 Å². The molecule has 0 unspecified atom stereocenters. The summed E-state index contributed by atoms with van der Waals surface area (Å²) in [4.78, 5) is 13.5. The van der Waals surface area contributed by atoms with E-state index in [0.29, 0.717) is 19.8 Å². The minimum atomic E-state index is 0.676. The Labute approximate surface area is 461 Å². The first-order chi connectivity index (χ1) is 38.6. The molecule has 0 aliphatic rings. The minimum Gasteiger partial charge on any atom is -0.494 e. The van der Waals surface area contributed by atoms with E-state index in [9.17, 15) is 0 Å². The Kier molecular flexibility index (Phi) is 17.9. The average Bonchev–Trinajstić information content (AvgIpc) is 3.63. The number of aromatic nitrogens is 3. The van der Waals surface area contributed by atoms with E-state index >= 15 is 0 Å².